The molecule has 0 aliphatic heterocycles. The van der Waals surface area contributed by atoms with Crippen LogP contribution in [0.25, 0.3) is 11.5 Å². The summed E-state index contributed by atoms with van der Waals surface area (Å²) in [7, 11) is 1.66. The van der Waals surface area contributed by atoms with Gasteiger partial charge in [-0.05, 0) is 49.9 Å². The van der Waals surface area contributed by atoms with Gasteiger partial charge in [0.25, 0.3) is 0 Å². The van der Waals surface area contributed by atoms with E-state index < -0.39 is 0 Å². The van der Waals surface area contributed by atoms with Crippen LogP contribution in [0.3, 0.4) is 0 Å². The lowest BCUT2D eigenvalue weighted by molar-refractivity contribution is 0.415. The van der Waals surface area contributed by atoms with E-state index in [1.54, 1.807) is 25.1 Å². The van der Waals surface area contributed by atoms with Gasteiger partial charge in [0, 0.05) is 23.3 Å². The van der Waals surface area contributed by atoms with E-state index in [9.17, 15) is 0 Å². The molecule has 0 saturated heterocycles. The molecule has 6 nitrogen and oxygen atoms in total. The van der Waals surface area contributed by atoms with Gasteiger partial charge in [-0.25, -0.2) is 4.98 Å². The monoisotopic (exact) mass is 368 g/mol. The molecule has 0 N–H and O–H groups in total. The highest BCUT2D eigenvalue weighted by Gasteiger charge is 2.36. The maximum atomic E-state index is 5.65. The van der Waals surface area contributed by atoms with Gasteiger partial charge in [-0.1, -0.05) is 11.8 Å². The quantitative estimate of drug-likeness (QED) is 0.574. The Hall–Kier alpha value is -2.28. The molecule has 26 heavy (non-hydrogen) atoms. The molecule has 0 radical (unpaired) electrons. The topological polar surface area (TPSA) is 66.0 Å². The third kappa shape index (κ3) is 3.11. The molecule has 7 heteroatoms. The molecule has 0 atom stereocenters. The molecule has 0 amide bonds. The third-order valence-corrected chi connectivity index (χ3v) is 5.76. The smallest absolute Gasteiger partial charge is 0.226 e. The Morgan fingerprint density at radius 1 is 1.15 bits per heavy atom. The molecule has 2 fully saturated rings. The van der Waals surface area contributed by atoms with Crippen LogP contribution in [0.1, 0.15) is 49.2 Å². The van der Waals surface area contributed by atoms with Crippen LogP contribution in [-0.2, 0) is 5.75 Å². The van der Waals surface area contributed by atoms with Gasteiger partial charge in [0.2, 0.25) is 5.89 Å². The second-order valence-electron chi connectivity index (χ2n) is 6.88. The van der Waals surface area contributed by atoms with Gasteiger partial charge in [-0.15, -0.1) is 10.2 Å². The predicted molar refractivity (Wildman–Crippen MR) is 98.3 cm³/mol. The summed E-state index contributed by atoms with van der Waals surface area (Å²) in [6, 6.07) is 8.33. The number of ether oxygens (including phenoxy) is 1. The molecule has 0 unspecified atom stereocenters. The number of nitrogens with zero attached hydrogens (tertiary/aromatic N) is 4. The molecule has 0 spiro atoms. The number of oxazole rings is 1. The average Bonchev–Trinajstić information content (AvgIpc) is 3.61. The van der Waals surface area contributed by atoms with Crippen molar-refractivity contribution in [2.75, 3.05) is 7.11 Å². The summed E-state index contributed by atoms with van der Waals surface area (Å²) in [6.45, 7) is 0. The minimum absolute atomic E-state index is 0.607. The molecule has 2 saturated carbocycles. The zero-order chi connectivity index (χ0) is 17.5. The van der Waals surface area contributed by atoms with Gasteiger partial charge in [-0.3, -0.25) is 0 Å². The summed E-state index contributed by atoms with van der Waals surface area (Å²) < 4.78 is 13.2. The number of hydrogen-bond donors (Lipinski definition) is 0. The first-order chi connectivity index (χ1) is 12.8. The van der Waals surface area contributed by atoms with E-state index in [0.717, 1.165) is 27.9 Å². The highest BCUT2D eigenvalue weighted by Crippen LogP contribution is 2.46. The van der Waals surface area contributed by atoms with Crippen molar-refractivity contribution in [3.8, 4) is 17.2 Å². The first kappa shape index (κ1) is 15.9. The summed E-state index contributed by atoms with van der Waals surface area (Å²) in [5, 5.41) is 9.92. The average molecular weight is 368 g/mol. The van der Waals surface area contributed by atoms with Crippen molar-refractivity contribution in [1.82, 2.24) is 19.7 Å². The van der Waals surface area contributed by atoms with Crippen LogP contribution in [0.5, 0.6) is 5.75 Å². The first-order valence-electron chi connectivity index (χ1n) is 8.98. The van der Waals surface area contributed by atoms with Crippen molar-refractivity contribution in [2.24, 2.45) is 0 Å². The number of benzene rings is 1. The summed E-state index contributed by atoms with van der Waals surface area (Å²) in [4.78, 5) is 4.61. The van der Waals surface area contributed by atoms with Crippen LogP contribution in [0, 0.1) is 0 Å². The zero-order valence-corrected chi connectivity index (χ0v) is 15.4. The van der Waals surface area contributed by atoms with E-state index in [2.05, 4.69) is 19.7 Å². The molecular formula is C19H20N4O2S. The minimum Gasteiger partial charge on any atom is -0.497 e. The molecule has 134 valence electrons. The fourth-order valence-electron chi connectivity index (χ4n) is 3.06. The molecule has 5 rings (SSSR count). The van der Waals surface area contributed by atoms with Crippen molar-refractivity contribution in [3.63, 3.8) is 0 Å². The molecule has 2 aromatic heterocycles. The van der Waals surface area contributed by atoms with Crippen molar-refractivity contribution in [1.29, 1.82) is 0 Å². The summed E-state index contributed by atoms with van der Waals surface area (Å²) >= 11 is 1.70. The predicted octanol–water partition coefficient (Wildman–Crippen LogP) is 4.45. The zero-order valence-electron chi connectivity index (χ0n) is 14.6. The van der Waals surface area contributed by atoms with Crippen LogP contribution in [0.4, 0.5) is 0 Å². The number of thioether (sulfide) groups is 1. The van der Waals surface area contributed by atoms with Crippen LogP contribution in [-0.4, -0.2) is 26.9 Å². The maximum absolute atomic E-state index is 5.65. The Morgan fingerprint density at radius 3 is 2.65 bits per heavy atom. The molecule has 2 heterocycles. The van der Waals surface area contributed by atoms with E-state index in [4.69, 9.17) is 9.15 Å². The Kier molecular flexibility index (Phi) is 3.96. The van der Waals surface area contributed by atoms with Crippen molar-refractivity contribution in [2.45, 2.75) is 48.6 Å². The van der Waals surface area contributed by atoms with Gasteiger partial charge in [-0.2, -0.15) is 0 Å². The molecule has 0 bridgehead atoms. The van der Waals surface area contributed by atoms with E-state index in [1.165, 1.54) is 31.5 Å². The number of hydrogen-bond acceptors (Lipinski definition) is 6. The standard InChI is InChI=1S/C19H20N4O2S/c1-24-16-8-4-13(5-9-16)18-20-14(10-25-18)11-26-19-22-21-17(12-2-3-12)23(19)15-6-7-15/h4-5,8-10,12,15H,2-3,6-7,11H2,1H3. The maximum Gasteiger partial charge on any atom is 0.226 e. The lowest BCUT2D eigenvalue weighted by atomic mass is 10.2. The van der Waals surface area contributed by atoms with Gasteiger partial charge in [0.05, 0.1) is 12.8 Å². The van der Waals surface area contributed by atoms with Crippen LogP contribution < -0.4 is 4.74 Å². The first-order valence-corrected chi connectivity index (χ1v) is 9.97. The number of rotatable bonds is 7. The Morgan fingerprint density at radius 2 is 1.96 bits per heavy atom. The highest BCUT2D eigenvalue weighted by atomic mass is 32.2. The summed E-state index contributed by atoms with van der Waals surface area (Å²) in [5.74, 6) is 4.00. The fraction of sp³-hybridized carbons (Fsp3) is 0.421. The number of aromatic nitrogens is 4. The normalized spacial score (nSPS) is 16.8. The molecule has 2 aliphatic carbocycles. The van der Waals surface area contributed by atoms with Gasteiger partial charge in [0.15, 0.2) is 5.16 Å². The van der Waals surface area contributed by atoms with E-state index in [1.807, 2.05) is 24.3 Å². The van der Waals surface area contributed by atoms with Crippen LogP contribution >= 0.6 is 11.8 Å². The Labute approximate surface area is 156 Å². The second-order valence-corrected chi connectivity index (χ2v) is 7.82. The van der Waals surface area contributed by atoms with E-state index in [-0.39, 0.29) is 0 Å². The molecule has 3 aromatic rings. The van der Waals surface area contributed by atoms with Gasteiger partial charge in [0.1, 0.15) is 17.8 Å². The van der Waals surface area contributed by atoms with E-state index in [0.29, 0.717) is 17.9 Å². The van der Waals surface area contributed by atoms with Gasteiger partial charge >= 0.3 is 0 Å². The molecular weight excluding hydrogens is 348 g/mol. The lowest BCUT2D eigenvalue weighted by Gasteiger charge is -2.07. The minimum atomic E-state index is 0.607. The van der Waals surface area contributed by atoms with Crippen molar-refractivity contribution in [3.05, 3.63) is 42.0 Å². The molecule has 2 aliphatic rings. The van der Waals surface area contributed by atoms with Crippen molar-refractivity contribution < 1.29 is 9.15 Å². The van der Waals surface area contributed by atoms with Crippen LogP contribution in [0.15, 0.2) is 40.1 Å². The SMILES string of the molecule is COc1ccc(-c2nc(CSc3nnc(C4CC4)n3C3CC3)co2)cc1. The summed E-state index contributed by atoms with van der Waals surface area (Å²) in [6.07, 6.45) is 6.73. The van der Waals surface area contributed by atoms with Crippen LogP contribution in [0.2, 0.25) is 0 Å². The van der Waals surface area contributed by atoms with Crippen molar-refractivity contribution >= 4 is 11.8 Å². The Balaban J connectivity index is 1.30. The summed E-state index contributed by atoms with van der Waals surface area (Å²) in [5.41, 5.74) is 1.86. The second kappa shape index (κ2) is 6.46. The lowest BCUT2D eigenvalue weighted by Crippen LogP contribution is -2.01. The van der Waals surface area contributed by atoms with E-state index >= 15 is 0 Å². The fourth-order valence-corrected chi connectivity index (χ4v) is 3.95. The molecule has 1 aromatic carbocycles. The highest BCUT2D eigenvalue weighted by molar-refractivity contribution is 7.98. The Bertz CT molecular complexity index is 910. The van der Waals surface area contributed by atoms with Gasteiger partial charge < -0.3 is 13.7 Å². The number of methoxy groups -OCH3 is 1. The largest absolute Gasteiger partial charge is 0.497 e. The third-order valence-electron chi connectivity index (χ3n) is 4.78.